The summed E-state index contributed by atoms with van der Waals surface area (Å²) in [4.78, 5) is 12.2. The van der Waals surface area contributed by atoms with Crippen LogP contribution in [0, 0.1) is 5.92 Å². The van der Waals surface area contributed by atoms with Crippen LogP contribution in [0.4, 0.5) is 10.5 Å². The molecule has 0 bridgehead atoms. The molecule has 2 unspecified atom stereocenters. The zero-order valence-corrected chi connectivity index (χ0v) is 13.4. The lowest BCUT2D eigenvalue weighted by Crippen LogP contribution is -2.40. The first-order valence-electron chi connectivity index (χ1n) is 7.97. The Bertz CT molecular complexity index is 479. The number of anilines is 1. The van der Waals surface area contributed by atoms with Crippen molar-refractivity contribution in [3.05, 3.63) is 24.3 Å². The summed E-state index contributed by atoms with van der Waals surface area (Å²) in [6.07, 6.45) is 4.56. The highest BCUT2D eigenvalue weighted by Crippen LogP contribution is 2.25. The molecule has 2 rings (SSSR count). The van der Waals surface area contributed by atoms with Crippen LogP contribution in [0.3, 0.4) is 0 Å². The van der Waals surface area contributed by atoms with E-state index in [9.17, 15) is 4.79 Å². The lowest BCUT2D eigenvalue weighted by atomic mass is 9.87. The fourth-order valence-electron chi connectivity index (χ4n) is 2.84. The second-order valence-electron chi connectivity index (χ2n) is 5.90. The molecule has 2 N–H and O–H groups in total. The molecule has 0 spiro atoms. The molecule has 5 nitrogen and oxygen atoms in total. The third-order valence-electron chi connectivity index (χ3n) is 3.95. The molecule has 1 saturated carbocycles. The zero-order valence-electron chi connectivity index (χ0n) is 13.4. The Balaban J connectivity index is 1.87. The minimum absolute atomic E-state index is 0.165. The van der Waals surface area contributed by atoms with Gasteiger partial charge in [-0.05, 0) is 30.9 Å². The normalized spacial score (nSPS) is 21.2. The average molecular weight is 306 g/mol. The molecular weight excluding hydrogens is 280 g/mol. The van der Waals surface area contributed by atoms with Crippen LogP contribution in [0.25, 0.3) is 0 Å². The molecule has 0 aliphatic heterocycles. The van der Waals surface area contributed by atoms with Crippen LogP contribution in [-0.2, 0) is 4.74 Å². The predicted octanol–water partition coefficient (Wildman–Crippen LogP) is 3.41. The second-order valence-corrected chi connectivity index (χ2v) is 5.90. The van der Waals surface area contributed by atoms with Crippen molar-refractivity contribution in [3.63, 3.8) is 0 Å². The maximum absolute atomic E-state index is 12.2. The molecule has 0 aromatic heterocycles. The predicted molar refractivity (Wildman–Crippen MR) is 87.4 cm³/mol. The summed E-state index contributed by atoms with van der Waals surface area (Å²) in [6, 6.07) is 7.54. The molecular formula is C17H26N2O3. The van der Waals surface area contributed by atoms with Crippen molar-refractivity contribution < 1.29 is 14.3 Å². The molecule has 22 heavy (non-hydrogen) atoms. The van der Waals surface area contributed by atoms with E-state index >= 15 is 0 Å². The number of nitrogens with one attached hydrogen (secondary N) is 2. The van der Waals surface area contributed by atoms with Gasteiger partial charge in [0.2, 0.25) is 0 Å². The molecule has 2 atom stereocenters. The Morgan fingerprint density at radius 1 is 1.27 bits per heavy atom. The van der Waals surface area contributed by atoms with E-state index in [1.54, 1.807) is 7.11 Å². The molecule has 1 aliphatic rings. The molecule has 1 fully saturated rings. The van der Waals surface area contributed by atoms with Crippen LogP contribution < -0.4 is 15.4 Å². The SMILES string of the molecule is COCCOc1ccccc1NC(=O)NC1CCCC(C)C1. The van der Waals surface area contributed by atoms with E-state index in [4.69, 9.17) is 9.47 Å². The lowest BCUT2D eigenvalue weighted by Gasteiger charge is -2.27. The number of methoxy groups -OCH3 is 1. The van der Waals surface area contributed by atoms with Crippen molar-refractivity contribution in [2.45, 2.75) is 38.6 Å². The van der Waals surface area contributed by atoms with Crippen LogP contribution in [0.2, 0.25) is 0 Å². The Morgan fingerprint density at radius 3 is 2.86 bits per heavy atom. The number of para-hydroxylation sites is 2. The van der Waals surface area contributed by atoms with Crippen LogP contribution in [0.1, 0.15) is 32.6 Å². The van der Waals surface area contributed by atoms with Gasteiger partial charge < -0.3 is 20.1 Å². The van der Waals surface area contributed by atoms with Crippen molar-refractivity contribution in [3.8, 4) is 5.75 Å². The third-order valence-corrected chi connectivity index (χ3v) is 3.95. The van der Waals surface area contributed by atoms with Gasteiger partial charge in [-0.25, -0.2) is 4.79 Å². The molecule has 122 valence electrons. The van der Waals surface area contributed by atoms with E-state index in [1.165, 1.54) is 12.8 Å². The third kappa shape index (κ3) is 5.22. The molecule has 0 radical (unpaired) electrons. The van der Waals surface area contributed by atoms with Gasteiger partial charge in [-0.1, -0.05) is 31.9 Å². The fraction of sp³-hybridized carbons (Fsp3) is 0.588. The van der Waals surface area contributed by atoms with Crippen molar-refractivity contribution in [1.29, 1.82) is 0 Å². The molecule has 5 heteroatoms. The number of carbonyl (C=O) groups is 1. The van der Waals surface area contributed by atoms with Crippen molar-refractivity contribution in [2.75, 3.05) is 25.6 Å². The van der Waals surface area contributed by atoms with Gasteiger partial charge in [0.1, 0.15) is 12.4 Å². The van der Waals surface area contributed by atoms with Crippen LogP contribution in [-0.4, -0.2) is 32.4 Å². The first-order valence-corrected chi connectivity index (χ1v) is 7.97. The van der Waals surface area contributed by atoms with Crippen LogP contribution >= 0.6 is 0 Å². The number of hydrogen-bond donors (Lipinski definition) is 2. The van der Waals surface area contributed by atoms with Gasteiger partial charge in [-0.15, -0.1) is 0 Å². The van der Waals surface area contributed by atoms with Gasteiger partial charge in [0, 0.05) is 13.2 Å². The Labute approximate surface area is 132 Å². The van der Waals surface area contributed by atoms with Gasteiger partial charge in [0.15, 0.2) is 0 Å². The van der Waals surface area contributed by atoms with Gasteiger partial charge in [0.05, 0.1) is 12.3 Å². The number of urea groups is 1. The first-order chi connectivity index (χ1) is 10.7. The summed E-state index contributed by atoms with van der Waals surface area (Å²) in [5.41, 5.74) is 0.681. The van der Waals surface area contributed by atoms with E-state index in [1.807, 2.05) is 24.3 Å². The minimum Gasteiger partial charge on any atom is -0.489 e. The standard InChI is InChI=1S/C17H26N2O3/c1-13-6-5-7-14(12-13)18-17(20)19-15-8-3-4-9-16(15)22-11-10-21-2/h3-4,8-9,13-14H,5-7,10-12H2,1-2H3,(H2,18,19,20). The number of ether oxygens (including phenoxy) is 2. The number of carbonyl (C=O) groups excluding carboxylic acids is 1. The maximum Gasteiger partial charge on any atom is 0.319 e. The van der Waals surface area contributed by atoms with E-state index in [-0.39, 0.29) is 12.1 Å². The highest BCUT2D eigenvalue weighted by molar-refractivity contribution is 5.91. The summed E-state index contributed by atoms with van der Waals surface area (Å²) in [5.74, 6) is 1.34. The summed E-state index contributed by atoms with van der Waals surface area (Å²) in [6.45, 7) is 3.21. The summed E-state index contributed by atoms with van der Waals surface area (Å²) in [5, 5.41) is 5.95. The highest BCUT2D eigenvalue weighted by atomic mass is 16.5. The van der Waals surface area contributed by atoms with Crippen molar-refractivity contribution in [1.82, 2.24) is 5.32 Å². The average Bonchev–Trinajstić information content (AvgIpc) is 2.49. The molecule has 2 amide bonds. The summed E-state index contributed by atoms with van der Waals surface area (Å²) < 4.78 is 10.6. The molecule has 1 aromatic rings. The monoisotopic (exact) mass is 306 g/mol. The number of benzene rings is 1. The zero-order chi connectivity index (χ0) is 15.8. The van der Waals surface area contributed by atoms with E-state index in [0.29, 0.717) is 30.6 Å². The molecule has 0 saturated heterocycles. The van der Waals surface area contributed by atoms with Crippen molar-refractivity contribution in [2.24, 2.45) is 5.92 Å². The first kappa shape index (κ1) is 16.6. The topological polar surface area (TPSA) is 59.6 Å². The highest BCUT2D eigenvalue weighted by Gasteiger charge is 2.20. The number of rotatable bonds is 6. The second kappa shape index (κ2) is 8.63. The smallest absolute Gasteiger partial charge is 0.319 e. The van der Waals surface area contributed by atoms with E-state index < -0.39 is 0 Å². The van der Waals surface area contributed by atoms with Gasteiger partial charge in [-0.2, -0.15) is 0 Å². The maximum atomic E-state index is 12.2. The quantitative estimate of drug-likeness (QED) is 0.792. The van der Waals surface area contributed by atoms with E-state index in [0.717, 1.165) is 12.8 Å². The van der Waals surface area contributed by atoms with Gasteiger partial charge in [-0.3, -0.25) is 0 Å². The summed E-state index contributed by atoms with van der Waals surface area (Å²) >= 11 is 0. The van der Waals surface area contributed by atoms with Gasteiger partial charge >= 0.3 is 6.03 Å². The molecule has 1 aromatic carbocycles. The Morgan fingerprint density at radius 2 is 2.09 bits per heavy atom. The molecule has 0 heterocycles. The minimum atomic E-state index is -0.165. The molecule has 1 aliphatic carbocycles. The Hall–Kier alpha value is -1.75. The Kier molecular flexibility index (Phi) is 6.52. The number of hydrogen-bond acceptors (Lipinski definition) is 3. The fourth-order valence-corrected chi connectivity index (χ4v) is 2.84. The van der Waals surface area contributed by atoms with Crippen LogP contribution in [0.5, 0.6) is 5.75 Å². The van der Waals surface area contributed by atoms with Crippen molar-refractivity contribution >= 4 is 11.7 Å². The van der Waals surface area contributed by atoms with Crippen LogP contribution in [0.15, 0.2) is 24.3 Å². The largest absolute Gasteiger partial charge is 0.489 e. The summed E-state index contributed by atoms with van der Waals surface area (Å²) in [7, 11) is 1.63. The van der Waals surface area contributed by atoms with E-state index in [2.05, 4.69) is 17.6 Å². The van der Waals surface area contributed by atoms with Gasteiger partial charge in [0.25, 0.3) is 0 Å². The number of amides is 2. The lowest BCUT2D eigenvalue weighted by molar-refractivity contribution is 0.146.